The molecule has 2 amide bonds. The molecule has 21 heavy (non-hydrogen) atoms. The molecule has 2 N–H and O–H groups in total. The van der Waals surface area contributed by atoms with Crippen LogP contribution in [0.5, 0.6) is 0 Å². The number of alkyl halides is 3. The van der Waals surface area contributed by atoms with Gasteiger partial charge < -0.3 is 15.5 Å². The SMILES string of the molecule is Cc1sc(C(=O)N(CC(=O)N(C)C)CC(F)(F)F)cc1N. The van der Waals surface area contributed by atoms with Gasteiger partial charge >= 0.3 is 6.18 Å². The normalized spacial score (nSPS) is 11.3. The summed E-state index contributed by atoms with van der Waals surface area (Å²) in [5.41, 5.74) is 5.94. The molecule has 0 aliphatic rings. The van der Waals surface area contributed by atoms with Crippen LogP contribution in [-0.2, 0) is 4.79 Å². The number of nitrogens with two attached hydrogens (primary N) is 1. The molecule has 1 rings (SSSR count). The Balaban J connectivity index is 2.99. The van der Waals surface area contributed by atoms with E-state index in [1.54, 1.807) is 6.92 Å². The molecule has 1 heterocycles. The monoisotopic (exact) mass is 323 g/mol. The van der Waals surface area contributed by atoms with Gasteiger partial charge in [-0.25, -0.2) is 0 Å². The molecule has 0 saturated heterocycles. The number of carbonyl (C=O) groups is 2. The third kappa shape index (κ3) is 4.92. The van der Waals surface area contributed by atoms with Gasteiger partial charge in [-0.05, 0) is 13.0 Å². The molecule has 9 heteroatoms. The van der Waals surface area contributed by atoms with E-state index in [9.17, 15) is 22.8 Å². The van der Waals surface area contributed by atoms with Crippen molar-refractivity contribution < 1.29 is 22.8 Å². The third-order valence-corrected chi connectivity index (χ3v) is 3.70. The van der Waals surface area contributed by atoms with E-state index in [0.29, 0.717) is 15.5 Å². The Morgan fingerprint density at radius 3 is 2.29 bits per heavy atom. The average molecular weight is 323 g/mol. The maximum atomic E-state index is 12.6. The molecule has 0 aliphatic heterocycles. The molecule has 0 aliphatic carbocycles. The molecule has 0 fully saturated rings. The fourth-order valence-electron chi connectivity index (χ4n) is 1.48. The molecule has 5 nitrogen and oxygen atoms in total. The second kappa shape index (κ2) is 6.33. The van der Waals surface area contributed by atoms with Crippen LogP contribution < -0.4 is 5.73 Å². The minimum atomic E-state index is -4.58. The summed E-state index contributed by atoms with van der Waals surface area (Å²) in [6.07, 6.45) is -4.58. The van der Waals surface area contributed by atoms with Crippen LogP contribution in [0.25, 0.3) is 0 Å². The Morgan fingerprint density at radius 2 is 1.90 bits per heavy atom. The minimum absolute atomic E-state index is 0.0841. The highest BCUT2D eigenvalue weighted by Gasteiger charge is 2.35. The van der Waals surface area contributed by atoms with Crippen molar-refractivity contribution >= 4 is 28.8 Å². The Hall–Kier alpha value is -1.77. The molecule has 0 atom stereocenters. The number of halogens is 3. The maximum Gasteiger partial charge on any atom is 0.406 e. The lowest BCUT2D eigenvalue weighted by Gasteiger charge is -2.24. The lowest BCUT2D eigenvalue weighted by atomic mass is 10.3. The predicted molar refractivity (Wildman–Crippen MR) is 74.1 cm³/mol. The van der Waals surface area contributed by atoms with E-state index in [4.69, 9.17) is 5.73 Å². The van der Waals surface area contributed by atoms with Crippen molar-refractivity contribution in [3.8, 4) is 0 Å². The highest BCUT2D eigenvalue weighted by atomic mass is 32.1. The van der Waals surface area contributed by atoms with Crippen LogP contribution in [-0.4, -0.2) is 55.0 Å². The minimum Gasteiger partial charge on any atom is -0.398 e. The summed E-state index contributed by atoms with van der Waals surface area (Å²) in [7, 11) is 2.82. The summed E-state index contributed by atoms with van der Waals surface area (Å²) in [6.45, 7) is -0.458. The van der Waals surface area contributed by atoms with Gasteiger partial charge in [0.25, 0.3) is 5.91 Å². The summed E-state index contributed by atoms with van der Waals surface area (Å²) in [5.74, 6) is -1.44. The van der Waals surface area contributed by atoms with Crippen LogP contribution in [0.15, 0.2) is 6.07 Å². The number of hydrogen-bond donors (Lipinski definition) is 1. The van der Waals surface area contributed by atoms with Crippen molar-refractivity contribution in [2.24, 2.45) is 0 Å². The summed E-state index contributed by atoms with van der Waals surface area (Å²) >= 11 is 1.00. The van der Waals surface area contributed by atoms with Gasteiger partial charge in [-0.2, -0.15) is 13.2 Å². The van der Waals surface area contributed by atoms with E-state index in [0.717, 1.165) is 16.2 Å². The second-order valence-electron chi connectivity index (χ2n) is 4.69. The standard InChI is InChI=1S/C12H16F3N3O2S/c1-7-8(16)4-9(21-7)11(20)18(6-12(13,14)15)5-10(19)17(2)3/h4H,5-6,16H2,1-3H3. The number of anilines is 1. The largest absolute Gasteiger partial charge is 0.406 e. The molecule has 0 unspecified atom stereocenters. The van der Waals surface area contributed by atoms with Gasteiger partial charge in [0.2, 0.25) is 5.91 Å². The fraction of sp³-hybridized carbons (Fsp3) is 0.500. The number of amides is 2. The van der Waals surface area contributed by atoms with Gasteiger partial charge in [0.15, 0.2) is 0 Å². The number of rotatable bonds is 4. The van der Waals surface area contributed by atoms with Gasteiger partial charge in [0, 0.05) is 24.7 Å². The molecule has 0 bridgehead atoms. The summed E-state index contributed by atoms with van der Waals surface area (Å²) < 4.78 is 37.7. The van der Waals surface area contributed by atoms with Crippen LogP contribution in [0.1, 0.15) is 14.5 Å². The van der Waals surface area contributed by atoms with Crippen molar-refractivity contribution in [2.75, 3.05) is 32.9 Å². The summed E-state index contributed by atoms with van der Waals surface area (Å²) in [6, 6.07) is 1.33. The van der Waals surface area contributed by atoms with Gasteiger partial charge in [-0.1, -0.05) is 0 Å². The van der Waals surface area contributed by atoms with Crippen LogP contribution in [0.3, 0.4) is 0 Å². The number of nitrogens with zero attached hydrogens (tertiary/aromatic N) is 2. The summed E-state index contributed by atoms with van der Waals surface area (Å²) in [4.78, 5) is 26.1. The van der Waals surface area contributed by atoms with E-state index < -0.39 is 31.1 Å². The number of likely N-dealkylation sites (N-methyl/N-ethyl adjacent to an activating group) is 1. The van der Waals surface area contributed by atoms with Crippen LogP contribution in [0, 0.1) is 6.92 Å². The third-order valence-electron chi connectivity index (χ3n) is 2.65. The number of nitrogen functional groups attached to an aromatic ring is 1. The quantitative estimate of drug-likeness (QED) is 0.918. The highest BCUT2D eigenvalue weighted by Crippen LogP contribution is 2.26. The molecular weight excluding hydrogens is 307 g/mol. The molecule has 0 spiro atoms. The number of aryl methyl sites for hydroxylation is 1. The lowest BCUT2D eigenvalue weighted by Crippen LogP contribution is -2.44. The molecule has 1 aromatic heterocycles. The van der Waals surface area contributed by atoms with Crippen molar-refractivity contribution in [3.63, 3.8) is 0 Å². The van der Waals surface area contributed by atoms with Crippen molar-refractivity contribution in [3.05, 3.63) is 15.8 Å². The Labute approximate surface area is 124 Å². The first kappa shape index (κ1) is 17.3. The first-order chi connectivity index (χ1) is 9.51. The van der Waals surface area contributed by atoms with Gasteiger partial charge in [0.1, 0.15) is 13.1 Å². The zero-order chi connectivity index (χ0) is 16.4. The van der Waals surface area contributed by atoms with Crippen molar-refractivity contribution in [1.29, 1.82) is 0 Å². The van der Waals surface area contributed by atoms with Gasteiger partial charge in [-0.3, -0.25) is 9.59 Å². The number of hydrogen-bond acceptors (Lipinski definition) is 4. The molecule has 0 saturated carbocycles. The highest BCUT2D eigenvalue weighted by molar-refractivity contribution is 7.14. The predicted octanol–water partition coefficient (Wildman–Crippen LogP) is 1.73. The molecule has 0 aromatic carbocycles. The number of carbonyl (C=O) groups excluding carboxylic acids is 2. The molecular formula is C12H16F3N3O2S. The Kier molecular flexibility index (Phi) is 5.21. The molecule has 118 valence electrons. The van der Waals surface area contributed by atoms with E-state index in [1.807, 2.05) is 0 Å². The second-order valence-corrected chi connectivity index (χ2v) is 5.94. The Morgan fingerprint density at radius 1 is 1.33 bits per heavy atom. The zero-order valence-electron chi connectivity index (χ0n) is 11.8. The van der Waals surface area contributed by atoms with E-state index >= 15 is 0 Å². The van der Waals surface area contributed by atoms with Gasteiger partial charge in [-0.15, -0.1) is 11.3 Å². The van der Waals surface area contributed by atoms with Crippen LogP contribution in [0.2, 0.25) is 0 Å². The lowest BCUT2D eigenvalue weighted by molar-refractivity contribution is -0.146. The molecule has 0 radical (unpaired) electrons. The smallest absolute Gasteiger partial charge is 0.398 e. The number of thiophene rings is 1. The van der Waals surface area contributed by atoms with E-state index in [2.05, 4.69) is 0 Å². The topological polar surface area (TPSA) is 66.6 Å². The van der Waals surface area contributed by atoms with Crippen LogP contribution >= 0.6 is 11.3 Å². The van der Waals surface area contributed by atoms with E-state index in [-0.39, 0.29) is 4.88 Å². The van der Waals surface area contributed by atoms with Crippen molar-refractivity contribution in [2.45, 2.75) is 13.1 Å². The Bertz CT molecular complexity index is 521. The molecule has 1 aromatic rings. The van der Waals surface area contributed by atoms with Crippen molar-refractivity contribution in [1.82, 2.24) is 9.80 Å². The van der Waals surface area contributed by atoms with Crippen LogP contribution in [0.4, 0.5) is 18.9 Å². The zero-order valence-corrected chi connectivity index (χ0v) is 12.6. The summed E-state index contributed by atoms with van der Waals surface area (Å²) in [5, 5.41) is 0. The first-order valence-corrected chi connectivity index (χ1v) is 6.75. The fourth-order valence-corrected chi connectivity index (χ4v) is 2.39. The first-order valence-electron chi connectivity index (χ1n) is 5.93. The van der Waals surface area contributed by atoms with Gasteiger partial charge in [0.05, 0.1) is 4.88 Å². The maximum absolute atomic E-state index is 12.6. The average Bonchev–Trinajstić information content (AvgIpc) is 2.66. The van der Waals surface area contributed by atoms with E-state index in [1.165, 1.54) is 20.2 Å².